The number of hydrogen-bond acceptors (Lipinski definition) is 12. The lowest BCUT2D eigenvalue weighted by atomic mass is 9.40. The Kier molecular flexibility index (Phi) is 8.73. The number of oxazole rings is 1. The number of ether oxygens (including phenoxy) is 2. The van der Waals surface area contributed by atoms with Gasteiger partial charge in [0.05, 0.1) is 17.8 Å². The molecule has 0 unspecified atom stereocenters. The Morgan fingerprint density at radius 1 is 1.02 bits per heavy atom. The number of nitrogens with zero attached hydrogens (tertiary/aromatic N) is 9. The zero-order valence-corrected chi connectivity index (χ0v) is 26.8. The molecule has 44 heavy (non-hydrogen) atoms. The molecule has 0 aromatic carbocycles. The number of aromatic nitrogens is 6. The van der Waals surface area contributed by atoms with Gasteiger partial charge in [0.2, 0.25) is 11.8 Å². The van der Waals surface area contributed by atoms with Crippen molar-refractivity contribution in [1.29, 1.82) is 0 Å². The van der Waals surface area contributed by atoms with Gasteiger partial charge in [-0.25, -0.2) is 19.3 Å². The third-order valence-corrected chi connectivity index (χ3v) is 7.96. The highest BCUT2D eigenvalue weighted by Crippen LogP contribution is 2.28. The molecule has 2 N–H and O–H groups in total. The predicted molar refractivity (Wildman–Crippen MR) is 187 cm³/mol. The van der Waals surface area contributed by atoms with Crippen LogP contribution in [0.2, 0.25) is 0 Å². The Bertz CT molecular complexity index is 1600. The van der Waals surface area contributed by atoms with E-state index >= 15 is 4.39 Å². The normalized spacial score (nSPS) is 15.1. The maximum absolute atomic E-state index is 15.3. The van der Waals surface area contributed by atoms with Gasteiger partial charge >= 0.3 is 0 Å². The lowest BCUT2D eigenvalue weighted by Crippen LogP contribution is -2.65. The van der Waals surface area contributed by atoms with Gasteiger partial charge < -0.3 is 29.4 Å². The smallest absolute Gasteiger partial charge is 0.266 e. The van der Waals surface area contributed by atoms with Gasteiger partial charge in [-0.15, -0.1) is 5.10 Å². The number of pyridine rings is 1. The van der Waals surface area contributed by atoms with Gasteiger partial charge in [-0.05, 0) is 5.30 Å². The summed E-state index contributed by atoms with van der Waals surface area (Å²) in [5.74, 6) is 1.87. The number of rotatable bonds is 11. The van der Waals surface area contributed by atoms with Crippen LogP contribution in [0.5, 0.6) is 5.75 Å². The first-order valence-corrected chi connectivity index (χ1v) is 14.8. The molecule has 1 aliphatic rings. The van der Waals surface area contributed by atoms with Gasteiger partial charge in [0.15, 0.2) is 17.3 Å². The number of nitrogens with two attached hydrogens (primary N) is 1. The lowest BCUT2D eigenvalue weighted by Gasteiger charge is -2.46. The molecule has 13 nitrogen and oxygen atoms in total. The van der Waals surface area contributed by atoms with E-state index in [2.05, 4.69) is 29.9 Å². The second-order valence-corrected chi connectivity index (χ2v) is 13.1. The number of piperazine rings is 1. The molecule has 5 heterocycles. The fraction of sp³-hybridized carbons (Fsp3) is 0.435. The van der Waals surface area contributed by atoms with Gasteiger partial charge in [0, 0.05) is 63.8 Å². The van der Waals surface area contributed by atoms with Crippen LogP contribution in [0.3, 0.4) is 0 Å². The summed E-state index contributed by atoms with van der Waals surface area (Å²) in [5.41, 5.74) is 6.72. The first kappa shape index (κ1) is 31.8. The van der Waals surface area contributed by atoms with Crippen LogP contribution in [0, 0.1) is 5.82 Å². The summed E-state index contributed by atoms with van der Waals surface area (Å²) in [7, 11) is 15.8. The molecule has 21 heteroatoms. The first-order valence-electron chi connectivity index (χ1n) is 14.8. The van der Waals surface area contributed by atoms with Crippen LogP contribution < -0.4 is 20.3 Å². The van der Waals surface area contributed by atoms with Gasteiger partial charge in [-0.2, -0.15) is 9.50 Å². The van der Waals surface area contributed by atoms with E-state index in [-0.39, 0.29) is 11.2 Å². The molecular weight excluding hydrogens is 559 g/mol. The molecule has 0 spiro atoms. The summed E-state index contributed by atoms with van der Waals surface area (Å²) in [5, 5.41) is 2.64. The number of fused-ring (bicyclic) bond motifs is 1. The van der Waals surface area contributed by atoms with Crippen LogP contribution in [0.1, 0.15) is 0 Å². The summed E-state index contributed by atoms with van der Waals surface area (Å²) in [4.78, 5) is 23.9. The summed E-state index contributed by atoms with van der Waals surface area (Å²) in [6, 6.07) is 3.24. The van der Waals surface area contributed by atoms with Gasteiger partial charge in [0.25, 0.3) is 5.89 Å². The van der Waals surface area contributed by atoms with Gasteiger partial charge in [0.1, 0.15) is 72.8 Å². The summed E-state index contributed by atoms with van der Waals surface area (Å²) >= 11 is 0. The van der Waals surface area contributed by atoms with E-state index in [1.54, 1.807) is 6.20 Å². The molecule has 0 radical (unpaired) electrons. The third-order valence-electron chi connectivity index (χ3n) is 7.96. The van der Waals surface area contributed by atoms with E-state index < -0.39 is 16.6 Å². The average molecular weight is 595 g/mol. The van der Waals surface area contributed by atoms with E-state index in [0.717, 1.165) is 19.6 Å². The standard InChI is InChI=1S/C23H36B7FN10O3/c1-38(15-11-16-35-17(19-33-2-9-42-19)37-41(16)20(32)36-15)3-4-39-5-7-40(8-6-39)18-14(31)10-13(12-34-18)43-21(24,25)22(26,27)44-23(28,29)30/h2,9-12H,3-8,24-30H2,1H3,(H2,32,36). The number of likely N-dealkylation sites (N-methyl/N-ethyl adjacent to an activating group) is 1. The molecular formula is C23H36B7FN10O3. The van der Waals surface area contributed by atoms with Crippen molar-refractivity contribution in [3.05, 3.63) is 36.6 Å². The molecule has 1 fully saturated rings. The minimum Gasteiger partial charge on any atom is -0.502 e. The minimum atomic E-state index is -0.725. The van der Waals surface area contributed by atoms with Crippen molar-refractivity contribution in [3.8, 4) is 17.5 Å². The second-order valence-electron chi connectivity index (χ2n) is 13.1. The maximum atomic E-state index is 15.3. The molecule has 0 atom stereocenters. The van der Waals surface area contributed by atoms with Crippen molar-refractivity contribution in [2.24, 2.45) is 0 Å². The van der Waals surface area contributed by atoms with Crippen LogP contribution in [-0.4, -0.2) is 152 Å². The van der Waals surface area contributed by atoms with E-state index in [4.69, 9.17) is 19.6 Å². The molecule has 1 saturated heterocycles. The Morgan fingerprint density at radius 3 is 2.39 bits per heavy atom. The zero-order chi connectivity index (χ0) is 31.9. The highest BCUT2D eigenvalue weighted by molar-refractivity contribution is 6.59. The SMILES string of the molecule is BC(B)(B)OC(B)(B)C(B)(B)Oc1cnc(N2CCN(CCN(C)c3cc4nc(-c5ncco5)nn4c(N)n3)CC2)c(F)c1. The third kappa shape index (κ3) is 7.04. The van der Waals surface area contributed by atoms with Crippen molar-refractivity contribution in [2.45, 2.75) is 16.1 Å². The Labute approximate surface area is 262 Å². The van der Waals surface area contributed by atoms with Crippen LogP contribution in [0.4, 0.5) is 22.0 Å². The predicted octanol–water partition coefficient (Wildman–Crippen LogP) is -6.10. The number of hydrogen-bond donors (Lipinski definition) is 1. The van der Waals surface area contributed by atoms with Crippen LogP contribution >= 0.6 is 0 Å². The Hall–Kier alpha value is -3.59. The summed E-state index contributed by atoms with van der Waals surface area (Å²) in [6.45, 7) is 4.38. The Balaban J connectivity index is 1.15. The topological polar surface area (TPSA) is 136 Å². The van der Waals surface area contributed by atoms with Crippen molar-refractivity contribution in [2.75, 3.05) is 61.8 Å². The minimum absolute atomic E-state index is 0.222. The molecule has 0 bridgehead atoms. The molecule has 4 aromatic rings. The van der Waals surface area contributed by atoms with Gasteiger partial charge in [-0.3, -0.25) is 4.90 Å². The van der Waals surface area contributed by atoms with Crippen LogP contribution in [0.25, 0.3) is 17.4 Å². The highest BCUT2D eigenvalue weighted by Gasteiger charge is 2.42. The summed E-state index contributed by atoms with van der Waals surface area (Å²) in [6.07, 6.45) is 4.59. The molecule has 5 rings (SSSR count). The van der Waals surface area contributed by atoms with E-state index in [1.807, 2.05) is 77.8 Å². The number of nitrogen functional groups attached to an aromatic ring is 1. The molecule has 4 aromatic heterocycles. The zero-order valence-electron chi connectivity index (χ0n) is 26.8. The van der Waals surface area contributed by atoms with Crippen molar-refractivity contribution < 1.29 is 18.3 Å². The lowest BCUT2D eigenvalue weighted by molar-refractivity contribution is 0.00219. The largest absolute Gasteiger partial charge is 0.502 e. The summed E-state index contributed by atoms with van der Waals surface area (Å²) < 4.78 is 34.5. The average Bonchev–Trinajstić information content (AvgIpc) is 3.61. The van der Waals surface area contributed by atoms with Gasteiger partial charge in [-0.1, -0.05) is 0 Å². The van der Waals surface area contributed by atoms with Crippen LogP contribution in [-0.2, 0) is 4.74 Å². The molecule has 0 aliphatic carbocycles. The van der Waals surface area contributed by atoms with Crippen molar-refractivity contribution in [1.82, 2.24) is 34.4 Å². The molecule has 0 saturated carbocycles. The maximum Gasteiger partial charge on any atom is 0.266 e. The quantitative estimate of drug-likeness (QED) is 0.165. The van der Waals surface area contributed by atoms with E-state index in [1.165, 1.54) is 23.0 Å². The Morgan fingerprint density at radius 2 is 1.75 bits per heavy atom. The fourth-order valence-corrected chi connectivity index (χ4v) is 5.12. The first-order chi connectivity index (χ1) is 20.6. The monoisotopic (exact) mass is 596 g/mol. The fourth-order valence-electron chi connectivity index (χ4n) is 5.12. The highest BCUT2D eigenvalue weighted by atomic mass is 19.1. The van der Waals surface area contributed by atoms with Crippen molar-refractivity contribution >= 4 is 78.2 Å². The van der Waals surface area contributed by atoms with Crippen LogP contribution in [0.15, 0.2) is 35.2 Å². The van der Waals surface area contributed by atoms with E-state index in [0.29, 0.717) is 54.4 Å². The molecule has 224 valence electrons. The number of anilines is 3. The molecule has 0 amide bonds. The molecule has 1 aliphatic heterocycles. The van der Waals surface area contributed by atoms with Crippen molar-refractivity contribution in [3.63, 3.8) is 0 Å². The number of halogens is 1. The second kappa shape index (κ2) is 12.1. The van der Waals surface area contributed by atoms with E-state index in [9.17, 15) is 0 Å².